The predicted octanol–water partition coefficient (Wildman–Crippen LogP) is 2.96. The predicted molar refractivity (Wildman–Crippen MR) is 72.9 cm³/mol. The molecule has 2 rings (SSSR count). The van der Waals surface area contributed by atoms with Crippen molar-refractivity contribution < 1.29 is 9.90 Å². The van der Waals surface area contributed by atoms with Gasteiger partial charge in [0.15, 0.2) is 0 Å². The van der Waals surface area contributed by atoms with E-state index in [1.165, 1.54) is 19.3 Å². The smallest absolute Gasteiger partial charge is 0.337 e. The van der Waals surface area contributed by atoms with Crippen molar-refractivity contribution in [3.05, 3.63) is 23.8 Å². The largest absolute Gasteiger partial charge is 0.478 e. The average Bonchev–Trinajstić information content (AvgIpc) is 3.14. The molecule has 1 aromatic carbocycles. The molecule has 0 amide bonds. The molecule has 1 unspecified atom stereocenters. The SMILES string of the molecule is CCC(CC1CC1)Nc1ccc(N)c(C(=O)O)c1. The van der Waals surface area contributed by atoms with Crippen LogP contribution in [0.5, 0.6) is 0 Å². The zero-order valence-electron chi connectivity index (χ0n) is 10.6. The molecule has 1 saturated carbocycles. The van der Waals surface area contributed by atoms with Crippen LogP contribution in [-0.4, -0.2) is 17.1 Å². The fraction of sp³-hybridized carbons (Fsp3) is 0.500. The van der Waals surface area contributed by atoms with Crippen molar-refractivity contribution in [1.29, 1.82) is 0 Å². The van der Waals surface area contributed by atoms with Crippen LogP contribution >= 0.6 is 0 Å². The Kier molecular flexibility index (Phi) is 3.75. The lowest BCUT2D eigenvalue weighted by atomic mass is 10.1. The number of aromatic carboxylic acids is 1. The first kappa shape index (κ1) is 12.7. The maximum absolute atomic E-state index is 11.0. The molecular formula is C14H20N2O2. The fourth-order valence-corrected chi connectivity index (χ4v) is 2.15. The van der Waals surface area contributed by atoms with Gasteiger partial charge in [-0.15, -0.1) is 0 Å². The molecule has 0 saturated heterocycles. The Morgan fingerprint density at radius 2 is 2.28 bits per heavy atom. The molecule has 98 valence electrons. The van der Waals surface area contributed by atoms with Crippen molar-refractivity contribution in [1.82, 2.24) is 0 Å². The molecule has 0 heterocycles. The van der Waals surface area contributed by atoms with Crippen molar-refractivity contribution in [3.63, 3.8) is 0 Å². The van der Waals surface area contributed by atoms with Crippen LogP contribution in [0.3, 0.4) is 0 Å². The summed E-state index contributed by atoms with van der Waals surface area (Å²) in [7, 11) is 0. The van der Waals surface area contributed by atoms with Crippen LogP contribution in [0.25, 0.3) is 0 Å². The van der Waals surface area contributed by atoms with E-state index < -0.39 is 5.97 Å². The van der Waals surface area contributed by atoms with Crippen LogP contribution in [-0.2, 0) is 0 Å². The second-order valence-electron chi connectivity index (χ2n) is 5.04. The monoisotopic (exact) mass is 248 g/mol. The van der Waals surface area contributed by atoms with Crippen molar-refractivity contribution >= 4 is 17.3 Å². The van der Waals surface area contributed by atoms with Gasteiger partial charge in [0.2, 0.25) is 0 Å². The summed E-state index contributed by atoms with van der Waals surface area (Å²) in [5.74, 6) is -0.124. The van der Waals surface area contributed by atoms with Gasteiger partial charge >= 0.3 is 5.97 Å². The fourth-order valence-electron chi connectivity index (χ4n) is 2.15. The summed E-state index contributed by atoms with van der Waals surface area (Å²) in [6.07, 6.45) is 4.88. The third kappa shape index (κ3) is 3.15. The number of nitrogens with one attached hydrogen (secondary N) is 1. The second-order valence-corrected chi connectivity index (χ2v) is 5.04. The second kappa shape index (κ2) is 5.29. The van der Waals surface area contributed by atoms with E-state index in [4.69, 9.17) is 10.8 Å². The van der Waals surface area contributed by atoms with Crippen molar-refractivity contribution in [3.8, 4) is 0 Å². The van der Waals surface area contributed by atoms with Crippen LogP contribution < -0.4 is 11.1 Å². The minimum Gasteiger partial charge on any atom is -0.478 e. The van der Waals surface area contributed by atoms with E-state index in [-0.39, 0.29) is 5.56 Å². The number of nitrogen functional groups attached to an aromatic ring is 1. The van der Waals surface area contributed by atoms with Crippen molar-refractivity contribution in [2.45, 2.75) is 38.6 Å². The van der Waals surface area contributed by atoms with Gasteiger partial charge in [0.25, 0.3) is 0 Å². The minimum absolute atomic E-state index is 0.168. The number of benzene rings is 1. The maximum Gasteiger partial charge on any atom is 0.337 e. The highest BCUT2D eigenvalue weighted by molar-refractivity contribution is 5.94. The molecule has 1 aliphatic rings. The van der Waals surface area contributed by atoms with E-state index >= 15 is 0 Å². The normalized spacial score (nSPS) is 16.3. The summed E-state index contributed by atoms with van der Waals surface area (Å²) in [5.41, 5.74) is 6.95. The number of hydrogen-bond donors (Lipinski definition) is 3. The van der Waals surface area contributed by atoms with Gasteiger partial charge in [0, 0.05) is 17.4 Å². The number of carboxylic acids is 1. The van der Waals surface area contributed by atoms with Crippen LogP contribution in [0, 0.1) is 5.92 Å². The van der Waals surface area contributed by atoms with E-state index in [1.54, 1.807) is 12.1 Å². The zero-order valence-corrected chi connectivity index (χ0v) is 10.6. The minimum atomic E-state index is -0.980. The molecule has 1 aliphatic carbocycles. The quantitative estimate of drug-likeness (QED) is 0.676. The van der Waals surface area contributed by atoms with Crippen LogP contribution in [0.4, 0.5) is 11.4 Å². The van der Waals surface area contributed by atoms with Gasteiger partial charge in [-0.3, -0.25) is 0 Å². The van der Waals surface area contributed by atoms with Crippen molar-refractivity contribution in [2.24, 2.45) is 5.92 Å². The number of carboxylic acid groups (broad SMARTS) is 1. The number of anilines is 2. The van der Waals surface area contributed by atoms with Gasteiger partial charge in [-0.1, -0.05) is 19.8 Å². The summed E-state index contributed by atoms with van der Waals surface area (Å²) in [4.78, 5) is 11.0. The summed E-state index contributed by atoms with van der Waals surface area (Å²) < 4.78 is 0. The van der Waals surface area contributed by atoms with Gasteiger partial charge in [0.1, 0.15) is 0 Å². The molecule has 1 atom stereocenters. The number of nitrogens with two attached hydrogens (primary N) is 1. The molecule has 1 aromatic rings. The van der Waals surface area contributed by atoms with Gasteiger partial charge in [-0.25, -0.2) is 4.79 Å². The van der Waals surface area contributed by atoms with Gasteiger partial charge in [0.05, 0.1) is 5.56 Å². The molecule has 0 spiro atoms. The van der Waals surface area contributed by atoms with Crippen LogP contribution in [0.2, 0.25) is 0 Å². The molecule has 0 aromatic heterocycles. The lowest BCUT2D eigenvalue weighted by molar-refractivity contribution is 0.0698. The van der Waals surface area contributed by atoms with E-state index in [0.29, 0.717) is 11.7 Å². The highest BCUT2D eigenvalue weighted by atomic mass is 16.4. The maximum atomic E-state index is 11.0. The molecule has 1 fully saturated rings. The highest BCUT2D eigenvalue weighted by Gasteiger charge is 2.24. The molecule has 4 nitrogen and oxygen atoms in total. The summed E-state index contributed by atoms with van der Waals surface area (Å²) in [5, 5.41) is 12.4. The van der Waals surface area contributed by atoms with Gasteiger partial charge < -0.3 is 16.2 Å². The Morgan fingerprint density at radius 3 is 2.83 bits per heavy atom. The van der Waals surface area contributed by atoms with E-state index in [9.17, 15) is 4.79 Å². The molecular weight excluding hydrogens is 228 g/mol. The first-order valence-corrected chi connectivity index (χ1v) is 6.49. The van der Waals surface area contributed by atoms with E-state index in [1.807, 2.05) is 6.07 Å². The molecule has 0 bridgehead atoms. The highest BCUT2D eigenvalue weighted by Crippen LogP contribution is 2.35. The van der Waals surface area contributed by atoms with Crippen LogP contribution in [0.1, 0.15) is 43.0 Å². The third-order valence-corrected chi connectivity index (χ3v) is 3.46. The number of carbonyl (C=O) groups is 1. The Balaban J connectivity index is 2.07. The first-order valence-electron chi connectivity index (χ1n) is 6.49. The van der Waals surface area contributed by atoms with E-state index in [2.05, 4.69) is 12.2 Å². The number of hydrogen-bond acceptors (Lipinski definition) is 3. The Bertz CT molecular complexity index is 441. The molecule has 0 radical (unpaired) electrons. The lowest BCUT2D eigenvalue weighted by Crippen LogP contribution is -2.19. The summed E-state index contributed by atoms with van der Waals surface area (Å²) >= 11 is 0. The number of rotatable bonds is 6. The first-order chi connectivity index (χ1) is 8.60. The summed E-state index contributed by atoms with van der Waals surface area (Å²) in [6, 6.07) is 5.53. The topological polar surface area (TPSA) is 75.3 Å². The van der Waals surface area contributed by atoms with Crippen LogP contribution in [0.15, 0.2) is 18.2 Å². The zero-order chi connectivity index (χ0) is 13.1. The Morgan fingerprint density at radius 1 is 1.56 bits per heavy atom. The van der Waals surface area contributed by atoms with Crippen molar-refractivity contribution in [2.75, 3.05) is 11.1 Å². The molecule has 18 heavy (non-hydrogen) atoms. The molecule has 4 heteroatoms. The van der Waals surface area contributed by atoms with E-state index in [0.717, 1.165) is 18.0 Å². The third-order valence-electron chi connectivity index (χ3n) is 3.46. The average molecular weight is 248 g/mol. The molecule has 4 N–H and O–H groups in total. The standard InChI is InChI=1S/C14H20N2O2/c1-2-10(7-9-3-4-9)16-11-5-6-13(15)12(8-11)14(17)18/h5-6,8-10,16H,2-4,7,15H2,1H3,(H,17,18). The van der Waals surface area contributed by atoms with Gasteiger partial charge in [-0.2, -0.15) is 0 Å². The molecule has 0 aliphatic heterocycles. The summed E-state index contributed by atoms with van der Waals surface area (Å²) in [6.45, 7) is 2.15. The van der Waals surface area contributed by atoms with Gasteiger partial charge in [-0.05, 0) is 37.0 Å². The Labute approximate surface area is 107 Å². The Hall–Kier alpha value is -1.71. The lowest BCUT2D eigenvalue weighted by Gasteiger charge is -2.18.